The standard InChI is InChI=1S/C17H13ClN2O4/c18-13-7-10(8-14-16(13)24-9-23-14)1-6-15(21)20-12-4-2-11(3-5-12)17(19)22/h1-8H,9H2,(H2,19,22)(H,20,21)/b6-1+. The molecule has 6 nitrogen and oxygen atoms in total. The van der Waals surface area contributed by atoms with Gasteiger partial charge in [0.1, 0.15) is 0 Å². The van der Waals surface area contributed by atoms with Crippen molar-refractivity contribution in [3.8, 4) is 11.5 Å². The molecule has 2 aromatic carbocycles. The number of amides is 2. The Kier molecular flexibility index (Phi) is 4.39. The van der Waals surface area contributed by atoms with E-state index in [2.05, 4.69) is 5.32 Å². The predicted molar refractivity (Wildman–Crippen MR) is 90.2 cm³/mol. The van der Waals surface area contributed by atoms with Gasteiger partial charge in [0.25, 0.3) is 0 Å². The van der Waals surface area contributed by atoms with Crippen molar-refractivity contribution in [2.45, 2.75) is 0 Å². The molecule has 7 heteroatoms. The zero-order valence-electron chi connectivity index (χ0n) is 12.4. The Morgan fingerprint density at radius 1 is 1.17 bits per heavy atom. The molecular formula is C17H13ClN2O4. The van der Waals surface area contributed by atoms with Gasteiger partial charge in [0.2, 0.25) is 18.6 Å². The Balaban J connectivity index is 1.67. The number of nitrogens with one attached hydrogen (secondary N) is 1. The largest absolute Gasteiger partial charge is 0.454 e. The molecule has 2 amide bonds. The molecular weight excluding hydrogens is 332 g/mol. The van der Waals surface area contributed by atoms with Gasteiger partial charge in [0.15, 0.2) is 11.5 Å². The van der Waals surface area contributed by atoms with Gasteiger partial charge in [-0.3, -0.25) is 9.59 Å². The summed E-state index contributed by atoms with van der Waals surface area (Å²) in [5.74, 6) is 0.209. The van der Waals surface area contributed by atoms with E-state index in [1.807, 2.05) is 0 Å². The minimum absolute atomic E-state index is 0.129. The van der Waals surface area contributed by atoms with Crippen molar-refractivity contribution >= 4 is 35.2 Å². The summed E-state index contributed by atoms with van der Waals surface area (Å²) in [5, 5.41) is 3.10. The second-order valence-electron chi connectivity index (χ2n) is 5.00. The number of primary amides is 1. The van der Waals surface area contributed by atoms with Crippen LogP contribution in [0.15, 0.2) is 42.5 Å². The molecule has 0 unspecified atom stereocenters. The lowest BCUT2D eigenvalue weighted by Crippen LogP contribution is -2.11. The highest BCUT2D eigenvalue weighted by atomic mass is 35.5. The number of carbonyl (C=O) groups excluding carboxylic acids is 2. The molecule has 1 heterocycles. The molecule has 1 aliphatic heterocycles. The fourth-order valence-electron chi connectivity index (χ4n) is 2.16. The summed E-state index contributed by atoms with van der Waals surface area (Å²) in [7, 11) is 0. The van der Waals surface area contributed by atoms with Crippen LogP contribution in [0.5, 0.6) is 11.5 Å². The van der Waals surface area contributed by atoms with Gasteiger partial charge in [-0.25, -0.2) is 0 Å². The Morgan fingerprint density at radius 2 is 1.92 bits per heavy atom. The maximum atomic E-state index is 11.9. The van der Waals surface area contributed by atoms with E-state index in [-0.39, 0.29) is 12.7 Å². The molecule has 0 saturated carbocycles. The minimum Gasteiger partial charge on any atom is -0.454 e. The van der Waals surface area contributed by atoms with Gasteiger partial charge in [-0.05, 0) is 48.0 Å². The first-order valence-electron chi connectivity index (χ1n) is 7.01. The highest BCUT2D eigenvalue weighted by molar-refractivity contribution is 6.32. The third kappa shape index (κ3) is 3.49. The van der Waals surface area contributed by atoms with Crippen LogP contribution in [-0.2, 0) is 4.79 Å². The van der Waals surface area contributed by atoms with Gasteiger partial charge >= 0.3 is 0 Å². The molecule has 0 radical (unpaired) electrons. The monoisotopic (exact) mass is 344 g/mol. The number of carbonyl (C=O) groups is 2. The van der Waals surface area contributed by atoms with Crippen molar-refractivity contribution in [2.75, 3.05) is 12.1 Å². The third-order valence-electron chi connectivity index (χ3n) is 3.31. The van der Waals surface area contributed by atoms with Crippen LogP contribution in [0.25, 0.3) is 6.08 Å². The molecule has 0 saturated heterocycles. The third-order valence-corrected chi connectivity index (χ3v) is 3.59. The van der Waals surface area contributed by atoms with Gasteiger partial charge in [-0.15, -0.1) is 0 Å². The maximum Gasteiger partial charge on any atom is 0.248 e. The summed E-state index contributed by atoms with van der Waals surface area (Å²) >= 11 is 6.08. The van der Waals surface area contributed by atoms with Crippen molar-refractivity contribution in [3.63, 3.8) is 0 Å². The first-order chi connectivity index (χ1) is 11.5. The first kappa shape index (κ1) is 15.9. The van der Waals surface area contributed by atoms with E-state index in [0.29, 0.717) is 33.3 Å². The van der Waals surface area contributed by atoms with E-state index in [4.69, 9.17) is 26.8 Å². The summed E-state index contributed by atoms with van der Waals surface area (Å²) in [6.07, 6.45) is 2.98. The SMILES string of the molecule is NC(=O)c1ccc(NC(=O)/C=C/c2cc(Cl)c3c(c2)OCO3)cc1. The van der Waals surface area contributed by atoms with Crippen molar-refractivity contribution < 1.29 is 19.1 Å². The Hall–Kier alpha value is -2.99. The van der Waals surface area contributed by atoms with Crippen molar-refractivity contribution in [3.05, 3.63) is 58.6 Å². The second-order valence-corrected chi connectivity index (χ2v) is 5.41. The van der Waals surface area contributed by atoms with Gasteiger partial charge < -0.3 is 20.5 Å². The lowest BCUT2D eigenvalue weighted by molar-refractivity contribution is -0.111. The number of ether oxygens (including phenoxy) is 2. The molecule has 3 rings (SSSR count). The molecule has 1 aliphatic rings. The van der Waals surface area contributed by atoms with Crippen LogP contribution >= 0.6 is 11.6 Å². The number of nitrogens with two attached hydrogens (primary N) is 1. The van der Waals surface area contributed by atoms with E-state index in [0.717, 1.165) is 0 Å². The summed E-state index contributed by atoms with van der Waals surface area (Å²) in [5.41, 5.74) is 6.80. The Bertz CT molecular complexity index is 831. The van der Waals surface area contributed by atoms with E-state index in [1.165, 1.54) is 6.08 Å². The van der Waals surface area contributed by atoms with E-state index in [9.17, 15) is 9.59 Å². The van der Waals surface area contributed by atoms with Crippen LogP contribution in [-0.4, -0.2) is 18.6 Å². The van der Waals surface area contributed by atoms with E-state index in [1.54, 1.807) is 42.5 Å². The fourth-order valence-corrected chi connectivity index (χ4v) is 2.43. The van der Waals surface area contributed by atoms with Crippen LogP contribution in [0.3, 0.4) is 0 Å². The predicted octanol–water partition coefficient (Wildman–Crippen LogP) is 2.82. The number of fused-ring (bicyclic) bond motifs is 1. The van der Waals surface area contributed by atoms with E-state index >= 15 is 0 Å². The van der Waals surface area contributed by atoms with Crippen LogP contribution in [0.2, 0.25) is 5.02 Å². The molecule has 122 valence electrons. The first-order valence-corrected chi connectivity index (χ1v) is 7.39. The summed E-state index contributed by atoms with van der Waals surface area (Å²) in [6.45, 7) is 0.129. The van der Waals surface area contributed by atoms with Gasteiger partial charge in [-0.1, -0.05) is 11.6 Å². The molecule has 3 N–H and O–H groups in total. The average Bonchev–Trinajstić information content (AvgIpc) is 3.02. The van der Waals surface area contributed by atoms with Gasteiger partial charge in [-0.2, -0.15) is 0 Å². The van der Waals surface area contributed by atoms with Crippen molar-refractivity contribution in [1.82, 2.24) is 0 Å². The van der Waals surface area contributed by atoms with Gasteiger partial charge in [0.05, 0.1) is 5.02 Å². The zero-order chi connectivity index (χ0) is 17.1. The minimum atomic E-state index is -0.521. The van der Waals surface area contributed by atoms with Crippen molar-refractivity contribution in [1.29, 1.82) is 0 Å². The normalized spacial score (nSPS) is 12.4. The lowest BCUT2D eigenvalue weighted by atomic mass is 10.2. The summed E-state index contributed by atoms with van der Waals surface area (Å²) in [6, 6.07) is 9.70. The highest BCUT2D eigenvalue weighted by Crippen LogP contribution is 2.40. The van der Waals surface area contributed by atoms with Crippen LogP contribution < -0.4 is 20.5 Å². The van der Waals surface area contributed by atoms with Gasteiger partial charge in [0, 0.05) is 17.3 Å². The number of hydrogen-bond donors (Lipinski definition) is 2. The Labute approximate surface area is 142 Å². The van der Waals surface area contributed by atoms with Crippen molar-refractivity contribution in [2.24, 2.45) is 5.73 Å². The second kappa shape index (κ2) is 6.64. The zero-order valence-corrected chi connectivity index (χ0v) is 13.2. The van der Waals surface area contributed by atoms with Crippen LogP contribution in [0, 0.1) is 0 Å². The molecule has 0 spiro atoms. The van der Waals surface area contributed by atoms with Crippen LogP contribution in [0.4, 0.5) is 5.69 Å². The molecule has 0 fully saturated rings. The molecule has 0 bridgehead atoms. The molecule has 0 aromatic heterocycles. The maximum absolute atomic E-state index is 11.9. The number of anilines is 1. The average molecular weight is 345 g/mol. The topological polar surface area (TPSA) is 90.7 Å². The summed E-state index contributed by atoms with van der Waals surface area (Å²) in [4.78, 5) is 22.9. The number of rotatable bonds is 4. The van der Waals surface area contributed by atoms with Crippen LogP contribution in [0.1, 0.15) is 15.9 Å². The lowest BCUT2D eigenvalue weighted by Gasteiger charge is -2.03. The molecule has 0 aliphatic carbocycles. The Morgan fingerprint density at radius 3 is 2.62 bits per heavy atom. The highest BCUT2D eigenvalue weighted by Gasteiger charge is 2.17. The fraction of sp³-hybridized carbons (Fsp3) is 0.0588. The smallest absolute Gasteiger partial charge is 0.248 e. The quantitative estimate of drug-likeness (QED) is 0.834. The summed E-state index contributed by atoms with van der Waals surface area (Å²) < 4.78 is 10.5. The number of hydrogen-bond acceptors (Lipinski definition) is 4. The molecule has 0 atom stereocenters. The molecule has 24 heavy (non-hydrogen) atoms. The van der Waals surface area contributed by atoms with E-state index < -0.39 is 5.91 Å². The number of benzene rings is 2. The number of halogens is 1. The molecule has 2 aromatic rings.